The molecule has 0 atom stereocenters. The molecule has 0 unspecified atom stereocenters. The lowest BCUT2D eigenvalue weighted by atomic mass is 9.85. The van der Waals surface area contributed by atoms with Crippen molar-refractivity contribution in [2.75, 3.05) is 5.32 Å². The van der Waals surface area contributed by atoms with Crippen molar-refractivity contribution in [3.8, 4) is 0 Å². The second-order valence-corrected chi connectivity index (χ2v) is 7.02. The van der Waals surface area contributed by atoms with E-state index in [1.807, 2.05) is 18.2 Å². The molecule has 0 bridgehead atoms. The van der Waals surface area contributed by atoms with Gasteiger partial charge in [0.25, 0.3) is 0 Å². The number of carbonyl (C=O) groups excluding carboxylic acids is 2. The van der Waals surface area contributed by atoms with Crippen LogP contribution >= 0.6 is 0 Å². The van der Waals surface area contributed by atoms with E-state index in [2.05, 4.69) is 30.5 Å². The van der Waals surface area contributed by atoms with Gasteiger partial charge in [-0.05, 0) is 50.1 Å². The maximum absolute atomic E-state index is 12.7. The zero-order chi connectivity index (χ0) is 18.0. The normalized spacial score (nSPS) is 16.7. The first-order valence-corrected chi connectivity index (χ1v) is 8.34. The highest BCUT2D eigenvalue weighted by molar-refractivity contribution is 6.09. The molecule has 0 fully saturated rings. The molecule has 0 saturated carbocycles. The summed E-state index contributed by atoms with van der Waals surface area (Å²) in [5, 5.41) is 6.17. The van der Waals surface area contributed by atoms with Gasteiger partial charge in [0.05, 0.1) is 0 Å². The Bertz CT molecular complexity index is 848. The molecule has 2 N–H and O–H groups in total. The number of fused-ring (bicyclic) bond motifs is 1. The Kier molecular flexibility index (Phi) is 4.45. The van der Waals surface area contributed by atoms with Crippen LogP contribution in [-0.2, 0) is 11.2 Å². The molecule has 1 amide bonds. The SMILES string of the molecule is CC(=O)Nc1ccc(C(=O)/C=C2\NC(C)(C)Cc3ccccc32)cc1. The first kappa shape index (κ1) is 17.0. The average molecular weight is 334 g/mol. The number of benzene rings is 2. The van der Waals surface area contributed by atoms with Crippen LogP contribution in [0, 0.1) is 0 Å². The third-order valence-corrected chi connectivity index (χ3v) is 4.18. The van der Waals surface area contributed by atoms with Crippen molar-refractivity contribution in [2.24, 2.45) is 0 Å². The molecule has 4 heteroatoms. The Morgan fingerprint density at radius 3 is 2.44 bits per heavy atom. The lowest BCUT2D eigenvalue weighted by molar-refractivity contribution is -0.114. The minimum absolute atomic E-state index is 0.0654. The van der Waals surface area contributed by atoms with Crippen molar-refractivity contribution in [2.45, 2.75) is 32.7 Å². The van der Waals surface area contributed by atoms with Crippen molar-refractivity contribution in [3.63, 3.8) is 0 Å². The number of rotatable bonds is 3. The van der Waals surface area contributed by atoms with Crippen molar-refractivity contribution in [1.82, 2.24) is 5.32 Å². The van der Waals surface area contributed by atoms with Crippen LogP contribution in [0.25, 0.3) is 5.70 Å². The van der Waals surface area contributed by atoms with Crippen molar-refractivity contribution in [1.29, 1.82) is 0 Å². The van der Waals surface area contributed by atoms with Crippen LogP contribution in [0.1, 0.15) is 42.3 Å². The van der Waals surface area contributed by atoms with E-state index >= 15 is 0 Å². The number of anilines is 1. The number of amides is 1. The third kappa shape index (κ3) is 3.97. The van der Waals surface area contributed by atoms with Crippen LogP contribution in [0.2, 0.25) is 0 Å². The van der Waals surface area contributed by atoms with Crippen molar-refractivity contribution in [3.05, 3.63) is 71.3 Å². The Hall–Kier alpha value is -2.88. The Morgan fingerprint density at radius 1 is 1.08 bits per heavy atom. The fourth-order valence-electron chi connectivity index (χ4n) is 3.14. The van der Waals surface area contributed by atoms with Crippen LogP contribution in [0.5, 0.6) is 0 Å². The molecule has 0 aromatic heterocycles. The number of carbonyl (C=O) groups is 2. The van der Waals surface area contributed by atoms with Crippen LogP contribution in [0.15, 0.2) is 54.6 Å². The maximum Gasteiger partial charge on any atom is 0.221 e. The molecular formula is C21H22N2O2. The molecule has 25 heavy (non-hydrogen) atoms. The molecule has 3 rings (SSSR count). The molecule has 2 aromatic carbocycles. The zero-order valence-electron chi connectivity index (χ0n) is 14.7. The Labute approximate surface area is 148 Å². The maximum atomic E-state index is 12.7. The minimum Gasteiger partial charge on any atom is -0.379 e. The first-order chi connectivity index (χ1) is 11.8. The highest BCUT2D eigenvalue weighted by atomic mass is 16.1. The fourth-order valence-corrected chi connectivity index (χ4v) is 3.14. The van der Waals surface area contributed by atoms with E-state index in [1.165, 1.54) is 12.5 Å². The highest BCUT2D eigenvalue weighted by Gasteiger charge is 2.27. The second-order valence-electron chi connectivity index (χ2n) is 7.02. The molecular weight excluding hydrogens is 312 g/mol. The van der Waals surface area contributed by atoms with Crippen LogP contribution in [-0.4, -0.2) is 17.2 Å². The summed E-state index contributed by atoms with van der Waals surface area (Å²) in [4.78, 5) is 23.7. The van der Waals surface area contributed by atoms with Gasteiger partial charge in [0.2, 0.25) is 5.91 Å². The van der Waals surface area contributed by atoms with E-state index in [0.29, 0.717) is 11.3 Å². The highest BCUT2D eigenvalue weighted by Crippen LogP contribution is 2.29. The van der Waals surface area contributed by atoms with E-state index in [9.17, 15) is 9.59 Å². The van der Waals surface area contributed by atoms with Gasteiger partial charge in [-0.25, -0.2) is 0 Å². The molecule has 0 radical (unpaired) electrons. The summed E-state index contributed by atoms with van der Waals surface area (Å²) in [5.74, 6) is -0.198. The Balaban J connectivity index is 1.89. The minimum atomic E-state index is -0.133. The lowest BCUT2D eigenvalue weighted by Crippen LogP contribution is -2.43. The van der Waals surface area contributed by atoms with Gasteiger partial charge in [-0.3, -0.25) is 9.59 Å². The van der Waals surface area contributed by atoms with Crippen LogP contribution in [0.3, 0.4) is 0 Å². The van der Waals surface area contributed by atoms with E-state index in [4.69, 9.17) is 0 Å². The molecule has 4 nitrogen and oxygen atoms in total. The molecule has 0 spiro atoms. The smallest absolute Gasteiger partial charge is 0.221 e. The van der Waals surface area contributed by atoms with Crippen molar-refractivity contribution < 1.29 is 9.59 Å². The largest absolute Gasteiger partial charge is 0.379 e. The van der Waals surface area contributed by atoms with Gasteiger partial charge in [-0.2, -0.15) is 0 Å². The van der Waals surface area contributed by atoms with Crippen LogP contribution in [0.4, 0.5) is 5.69 Å². The fraction of sp³-hybridized carbons (Fsp3) is 0.238. The molecule has 128 valence electrons. The molecule has 1 heterocycles. The molecule has 0 saturated heterocycles. The van der Waals surface area contributed by atoms with Gasteiger partial charge >= 0.3 is 0 Å². The van der Waals surface area contributed by atoms with Gasteiger partial charge < -0.3 is 10.6 Å². The topological polar surface area (TPSA) is 58.2 Å². The van der Waals surface area contributed by atoms with Gasteiger partial charge in [0.1, 0.15) is 0 Å². The third-order valence-electron chi connectivity index (χ3n) is 4.18. The van der Waals surface area contributed by atoms with E-state index in [0.717, 1.165) is 17.7 Å². The predicted octanol–water partition coefficient (Wildman–Crippen LogP) is 3.79. The van der Waals surface area contributed by atoms with E-state index < -0.39 is 0 Å². The lowest BCUT2D eigenvalue weighted by Gasteiger charge is -2.35. The first-order valence-electron chi connectivity index (χ1n) is 8.34. The zero-order valence-corrected chi connectivity index (χ0v) is 14.7. The van der Waals surface area contributed by atoms with E-state index in [1.54, 1.807) is 30.3 Å². The standard InChI is InChI=1S/C21H22N2O2/c1-14(24)22-17-10-8-15(9-11-17)20(25)12-19-18-7-5-4-6-16(18)13-21(2,3)23-19/h4-12,23H,13H2,1-3H3,(H,22,24)/b19-12-. The van der Waals surface area contributed by atoms with Gasteiger partial charge in [0.15, 0.2) is 5.78 Å². The number of allylic oxidation sites excluding steroid dienone is 1. The van der Waals surface area contributed by atoms with Gasteiger partial charge in [-0.15, -0.1) is 0 Å². The number of nitrogens with one attached hydrogen (secondary N) is 2. The summed E-state index contributed by atoms with van der Waals surface area (Å²) in [5.41, 5.74) is 4.33. The molecule has 0 aliphatic carbocycles. The van der Waals surface area contributed by atoms with Crippen molar-refractivity contribution >= 4 is 23.1 Å². The molecule has 1 aliphatic rings. The number of ketones is 1. The summed E-state index contributed by atoms with van der Waals surface area (Å²) >= 11 is 0. The monoisotopic (exact) mass is 334 g/mol. The summed E-state index contributed by atoms with van der Waals surface area (Å²) in [6.07, 6.45) is 2.58. The molecule has 1 aliphatic heterocycles. The molecule has 2 aromatic rings. The Morgan fingerprint density at radius 2 is 1.76 bits per heavy atom. The summed E-state index contributed by atoms with van der Waals surface area (Å²) in [6, 6.07) is 15.1. The number of hydrogen-bond acceptors (Lipinski definition) is 3. The second kappa shape index (κ2) is 6.55. The average Bonchev–Trinajstić information content (AvgIpc) is 2.54. The van der Waals surface area contributed by atoms with E-state index in [-0.39, 0.29) is 17.2 Å². The van der Waals surface area contributed by atoms with Crippen LogP contribution < -0.4 is 10.6 Å². The summed E-state index contributed by atoms with van der Waals surface area (Å²) < 4.78 is 0. The summed E-state index contributed by atoms with van der Waals surface area (Å²) in [6.45, 7) is 5.71. The quantitative estimate of drug-likeness (QED) is 0.663. The van der Waals surface area contributed by atoms with Gasteiger partial charge in [0, 0.05) is 41.1 Å². The van der Waals surface area contributed by atoms with Gasteiger partial charge in [-0.1, -0.05) is 24.3 Å². The predicted molar refractivity (Wildman–Crippen MR) is 100 cm³/mol. The number of hydrogen-bond donors (Lipinski definition) is 2. The summed E-state index contributed by atoms with van der Waals surface area (Å²) in [7, 11) is 0.